The lowest BCUT2D eigenvalue weighted by Gasteiger charge is -2.25. The Balaban J connectivity index is 2.12. The van der Waals surface area contributed by atoms with Gasteiger partial charge in [0.2, 0.25) is 0 Å². The van der Waals surface area contributed by atoms with Gasteiger partial charge >= 0.3 is 0 Å². The number of nitrogens with one attached hydrogen (secondary N) is 1. The highest BCUT2D eigenvalue weighted by molar-refractivity contribution is 5.53. The normalized spacial score (nSPS) is 10.6. The van der Waals surface area contributed by atoms with E-state index in [0.717, 1.165) is 19.6 Å². The molecule has 0 atom stereocenters. The molecule has 0 aliphatic heterocycles. The van der Waals surface area contributed by atoms with Gasteiger partial charge in [-0.05, 0) is 43.7 Å². The molecule has 0 aromatic heterocycles. The summed E-state index contributed by atoms with van der Waals surface area (Å²) in [6, 6.07) is 17.5. The second kappa shape index (κ2) is 7.11. The highest BCUT2D eigenvalue weighted by Gasteiger charge is 2.07. The number of benzene rings is 2. The molecule has 2 nitrogen and oxygen atoms in total. The number of nitrogens with zero attached hydrogens (tertiary/aromatic N) is 1. The predicted octanol–water partition coefficient (Wildman–Crippen LogP) is 3.74. The van der Waals surface area contributed by atoms with Gasteiger partial charge in [0, 0.05) is 25.3 Å². The van der Waals surface area contributed by atoms with Crippen LogP contribution in [-0.2, 0) is 13.1 Å². The van der Waals surface area contributed by atoms with Gasteiger partial charge in [-0.25, -0.2) is 0 Å². The van der Waals surface area contributed by atoms with E-state index >= 15 is 0 Å². The van der Waals surface area contributed by atoms with Crippen molar-refractivity contribution in [2.24, 2.45) is 0 Å². The fraction of sp³-hybridized carbons (Fsp3) is 0.333. The van der Waals surface area contributed by atoms with E-state index in [1.807, 2.05) is 7.05 Å². The van der Waals surface area contributed by atoms with E-state index in [2.05, 4.69) is 72.6 Å². The fourth-order valence-corrected chi connectivity index (χ4v) is 2.47. The van der Waals surface area contributed by atoms with Crippen LogP contribution in [0.2, 0.25) is 0 Å². The van der Waals surface area contributed by atoms with Gasteiger partial charge in [-0.15, -0.1) is 0 Å². The van der Waals surface area contributed by atoms with E-state index in [9.17, 15) is 0 Å². The molecule has 0 heterocycles. The Labute approximate surface area is 122 Å². The molecule has 0 aliphatic rings. The second-order valence-corrected chi connectivity index (χ2v) is 5.15. The summed E-state index contributed by atoms with van der Waals surface area (Å²) in [5.41, 5.74) is 5.35. The number of anilines is 1. The molecular formula is C18H24N2. The fourth-order valence-electron chi connectivity index (χ4n) is 2.47. The molecule has 0 saturated carbocycles. The molecule has 2 rings (SSSR count). The van der Waals surface area contributed by atoms with Crippen molar-refractivity contribution in [1.82, 2.24) is 5.32 Å². The number of hydrogen-bond donors (Lipinski definition) is 1. The monoisotopic (exact) mass is 268 g/mol. The van der Waals surface area contributed by atoms with Crippen molar-refractivity contribution >= 4 is 5.69 Å². The Bertz CT molecular complexity index is 531. The summed E-state index contributed by atoms with van der Waals surface area (Å²) in [5, 5.41) is 3.18. The van der Waals surface area contributed by atoms with E-state index in [0.29, 0.717) is 0 Å². The Morgan fingerprint density at radius 2 is 1.60 bits per heavy atom. The van der Waals surface area contributed by atoms with Crippen LogP contribution in [0, 0.1) is 6.92 Å². The second-order valence-electron chi connectivity index (χ2n) is 5.15. The molecule has 20 heavy (non-hydrogen) atoms. The minimum absolute atomic E-state index is 0.926. The Hall–Kier alpha value is -1.80. The van der Waals surface area contributed by atoms with Crippen LogP contribution in [0.1, 0.15) is 23.6 Å². The first-order chi connectivity index (χ1) is 9.74. The zero-order chi connectivity index (χ0) is 14.4. The number of aryl methyl sites for hydroxylation is 1. The quantitative estimate of drug-likeness (QED) is 0.858. The van der Waals surface area contributed by atoms with Crippen molar-refractivity contribution in [2.45, 2.75) is 26.9 Å². The third-order valence-corrected chi connectivity index (χ3v) is 3.62. The highest BCUT2D eigenvalue weighted by atomic mass is 15.1. The molecule has 0 fully saturated rings. The van der Waals surface area contributed by atoms with Gasteiger partial charge in [-0.2, -0.15) is 0 Å². The predicted molar refractivity (Wildman–Crippen MR) is 87.1 cm³/mol. The molecule has 2 heteroatoms. The van der Waals surface area contributed by atoms with E-state index in [-0.39, 0.29) is 0 Å². The van der Waals surface area contributed by atoms with E-state index < -0.39 is 0 Å². The smallest absolute Gasteiger partial charge is 0.0429 e. The summed E-state index contributed by atoms with van der Waals surface area (Å²) in [6.45, 7) is 7.29. The molecule has 0 spiro atoms. The van der Waals surface area contributed by atoms with Crippen LogP contribution >= 0.6 is 0 Å². The lowest BCUT2D eigenvalue weighted by molar-refractivity contribution is 0.810. The molecule has 2 aromatic rings. The average Bonchev–Trinajstić information content (AvgIpc) is 2.48. The molecule has 0 unspecified atom stereocenters. The summed E-state index contributed by atoms with van der Waals surface area (Å²) in [6.07, 6.45) is 0. The van der Waals surface area contributed by atoms with Crippen molar-refractivity contribution in [3.63, 3.8) is 0 Å². The summed E-state index contributed by atoms with van der Waals surface area (Å²) in [4.78, 5) is 2.42. The summed E-state index contributed by atoms with van der Waals surface area (Å²) in [5.74, 6) is 0. The van der Waals surface area contributed by atoms with Crippen molar-refractivity contribution in [3.8, 4) is 0 Å². The van der Waals surface area contributed by atoms with Crippen LogP contribution in [0.25, 0.3) is 0 Å². The van der Waals surface area contributed by atoms with Crippen LogP contribution in [0.5, 0.6) is 0 Å². The summed E-state index contributed by atoms with van der Waals surface area (Å²) in [7, 11) is 1.98. The van der Waals surface area contributed by atoms with Crippen molar-refractivity contribution < 1.29 is 0 Å². The lowest BCUT2D eigenvalue weighted by atomic mass is 10.1. The molecular weight excluding hydrogens is 244 g/mol. The van der Waals surface area contributed by atoms with E-state index in [1.54, 1.807) is 0 Å². The zero-order valence-electron chi connectivity index (χ0n) is 12.7. The van der Waals surface area contributed by atoms with Gasteiger partial charge in [0.25, 0.3) is 0 Å². The van der Waals surface area contributed by atoms with Crippen molar-refractivity contribution in [2.75, 3.05) is 18.5 Å². The molecule has 0 saturated heterocycles. The third-order valence-electron chi connectivity index (χ3n) is 3.62. The molecule has 0 aliphatic carbocycles. The maximum Gasteiger partial charge on any atom is 0.0429 e. The summed E-state index contributed by atoms with van der Waals surface area (Å²) < 4.78 is 0. The number of hydrogen-bond acceptors (Lipinski definition) is 2. The minimum Gasteiger partial charge on any atom is -0.367 e. The van der Waals surface area contributed by atoms with Crippen molar-refractivity contribution in [3.05, 3.63) is 65.2 Å². The van der Waals surface area contributed by atoms with Crippen LogP contribution in [0.4, 0.5) is 5.69 Å². The van der Waals surface area contributed by atoms with Gasteiger partial charge < -0.3 is 10.2 Å². The van der Waals surface area contributed by atoms with Crippen LogP contribution in [0.3, 0.4) is 0 Å². The largest absolute Gasteiger partial charge is 0.367 e. The number of rotatable bonds is 6. The Morgan fingerprint density at radius 1 is 0.950 bits per heavy atom. The Kier molecular flexibility index (Phi) is 5.19. The lowest BCUT2D eigenvalue weighted by Crippen LogP contribution is -2.22. The first-order valence-electron chi connectivity index (χ1n) is 7.27. The molecule has 0 amide bonds. The maximum atomic E-state index is 3.18. The summed E-state index contributed by atoms with van der Waals surface area (Å²) >= 11 is 0. The van der Waals surface area contributed by atoms with Gasteiger partial charge in [0.05, 0.1) is 0 Å². The topological polar surface area (TPSA) is 15.3 Å². The Morgan fingerprint density at radius 3 is 2.20 bits per heavy atom. The van der Waals surface area contributed by atoms with E-state index in [1.165, 1.54) is 22.4 Å². The molecule has 0 radical (unpaired) electrons. The van der Waals surface area contributed by atoms with Crippen molar-refractivity contribution in [1.29, 1.82) is 0 Å². The van der Waals surface area contributed by atoms with Gasteiger partial charge in [0.15, 0.2) is 0 Å². The van der Waals surface area contributed by atoms with Crippen LogP contribution in [-0.4, -0.2) is 13.6 Å². The van der Waals surface area contributed by atoms with Gasteiger partial charge in [-0.3, -0.25) is 0 Å². The van der Waals surface area contributed by atoms with Crippen LogP contribution < -0.4 is 10.2 Å². The van der Waals surface area contributed by atoms with Gasteiger partial charge in [-0.1, -0.05) is 42.5 Å². The molecule has 0 bridgehead atoms. The van der Waals surface area contributed by atoms with Crippen LogP contribution in [0.15, 0.2) is 48.5 Å². The first-order valence-corrected chi connectivity index (χ1v) is 7.27. The molecule has 1 N–H and O–H groups in total. The van der Waals surface area contributed by atoms with E-state index in [4.69, 9.17) is 0 Å². The maximum absolute atomic E-state index is 3.18. The number of para-hydroxylation sites is 1. The zero-order valence-corrected chi connectivity index (χ0v) is 12.7. The standard InChI is InChI=1S/C18H24N2/c1-4-20(18-8-6-5-7-15(18)2)14-17-11-9-16(10-12-17)13-19-3/h5-12,19H,4,13-14H2,1-3H3. The average molecular weight is 268 g/mol. The minimum atomic E-state index is 0.926. The highest BCUT2D eigenvalue weighted by Crippen LogP contribution is 2.21. The molecule has 2 aromatic carbocycles. The molecule has 106 valence electrons. The first kappa shape index (κ1) is 14.6. The van der Waals surface area contributed by atoms with Gasteiger partial charge in [0.1, 0.15) is 0 Å². The SMILES string of the molecule is CCN(Cc1ccc(CNC)cc1)c1ccccc1C. The third kappa shape index (κ3) is 3.61.